The van der Waals surface area contributed by atoms with E-state index in [-0.39, 0.29) is 66.1 Å². The summed E-state index contributed by atoms with van der Waals surface area (Å²) in [5.74, 6) is -6.90. The quantitative estimate of drug-likeness (QED) is 0.0283. The van der Waals surface area contributed by atoms with Crippen molar-refractivity contribution in [3.63, 3.8) is 0 Å². The summed E-state index contributed by atoms with van der Waals surface area (Å²) in [6.07, 6.45) is -18.4. The lowest BCUT2D eigenvalue weighted by atomic mass is 9.94. The lowest BCUT2D eigenvalue weighted by Gasteiger charge is -2.53. The molecule has 0 spiro atoms. The van der Waals surface area contributed by atoms with E-state index < -0.39 is 115 Å². The van der Waals surface area contributed by atoms with Gasteiger partial charge in [0.15, 0.2) is 6.29 Å². The van der Waals surface area contributed by atoms with Crippen molar-refractivity contribution in [2.75, 3.05) is 26.9 Å². The summed E-state index contributed by atoms with van der Waals surface area (Å²) in [6.45, 7) is 5.68. The third-order valence-electron chi connectivity index (χ3n) is 17.6. The molecule has 0 radical (unpaired) electrons. The van der Waals surface area contributed by atoms with Crippen LogP contribution in [0.25, 0.3) is 0 Å². The van der Waals surface area contributed by atoms with Gasteiger partial charge in [0.05, 0.1) is 78.1 Å². The van der Waals surface area contributed by atoms with Crippen LogP contribution in [0.3, 0.4) is 0 Å². The summed E-state index contributed by atoms with van der Waals surface area (Å²) < 4.78 is 108. The summed E-state index contributed by atoms with van der Waals surface area (Å²) in [7, 11) is 1.35. The van der Waals surface area contributed by atoms with Crippen LogP contribution in [-0.2, 0) is 138 Å². The smallest absolute Gasteiger partial charge is 0.325 e. The molecule has 3 aliphatic heterocycles. The fourth-order valence-corrected chi connectivity index (χ4v) is 12.4. The van der Waals surface area contributed by atoms with Crippen molar-refractivity contribution < 1.29 is 95.6 Å². The summed E-state index contributed by atoms with van der Waals surface area (Å²) in [6, 6.07) is 75.7. The van der Waals surface area contributed by atoms with Crippen LogP contribution in [0.4, 0.5) is 0 Å². The van der Waals surface area contributed by atoms with Gasteiger partial charge in [0, 0.05) is 14.0 Å². The Hall–Kier alpha value is -7.94. The first-order valence-corrected chi connectivity index (χ1v) is 34.5. The number of rotatable bonds is 34. The fraction of sp³-hybridized carbons (Fsp3) is 0.390. The van der Waals surface area contributed by atoms with Gasteiger partial charge >= 0.3 is 23.9 Å². The average Bonchev–Trinajstić information content (AvgIpc) is 0.751. The van der Waals surface area contributed by atoms with Crippen LogP contribution in [-0.4, -0.2) is 141 Å². The van der Waals surface area contributed by atoms with Crippen molar-refractivity contribution in [2.45, 2.75) is 172 Å². The zero-order valence-corrected chi connectivity index (χ0v) is 58.1. The molecule has 0 aromatic heterocycles. The lowest BCUT2D eigenvalue weighted by Crippen LogP contribution is -2.72. The number of carbonyl (C=O) groups excluding carboxylic acids is 2. The zero-order chi connectivity index (χ0) is 71.2. The number of ether oxygens (including phenoxy) is 16. The minimum Gasteiger partial charge on any atom is -0.451 e. The van der Waals surface area contributed by atoms with Crippen LogP contribution >= 0.6 is 0 Å². The summed E-state index contributed by atoms with van der Waals surface area (Å²) in [4.78, 5) is 28.4. The highest BCUT2D eigenvalue weighted by Gasteiger charge is 2.64. The van der Waals surface area contributed by atoms with Crippen LogP contribution in [0.1, 0.15) is 72.2 Å². The highest BCUT2D eigenvalue weighted by Crippen LogP contribution is 2.43. The van der Waals surface area contributed by atoms with Crippen molar-refractivity contribution >= 4 is 11.9 Å². The fourth-order valence-electron chi connectivity index (χ4n) is 12.4. The molecule has 8 aromatic rings. The molecule has 3 heterocycles. The molecule has 20 nitrogen and oxygen atoms in total. The summed E-state index contributed by atoms with van der Waals surface area (Å²) >= 11 is 0. The largest absolute Gasteiger partial charge is 0.451 e. The van der Waals surface area contributed by atoms with Crippen molar-refractivity contribution in [1.29, 1.82) is 0 Å². The van der Waals surface area contributed by atoms with E-state index in [4.69, 9.17) is 75.8 Å². The molecule has 3 aliphatic rings. The predicted molar refractivity (Wildman–Crippen MR) is 373 cm³/mol. The number of methoxy groups -OCH3 is 1. The van der Waals surface area contributed by atoms with E-state index in [0.29, 0.717) is 5.56 Å². The zero-order valence-electron chi connectivity index (χ0n) is 58.1. The number of esters is 2. The molecule has 8 aromatic carbocycles. The van der Waals surface area contributed by atoms with E-state index in [9.17, 15) is 19.8 Å². The molecule has 3 fully saturated rings. The van der Waals surface area contributed by atoms with Gasteiger partial charge in [-0.25, -0.2) is 0 Å². The molecule has 2 N–H and O–H groups in total. The van der Waals surface area contributed by atoms with E-state index in [1.54, 1.807) is 20.8 Å². The number of aliphatic hydroxyl groups excluding tert-OH is 1. The molecule has 0 saturated carbocycles. The average molecular weight is 1400 g/mol. The highest BCUT2D eigenvalue weighted by atomic mass is 16.9. The van der Waals surface area contributed by atoms with E-state index in [2.05, 4.69) is 0 Å². The van der Waals surface area contributed by atoms with Crippen molar-refractivity contribution in [3.05, 3.63) is 287 Å². The van der Waals surface area contributed by atoms with Gasteiger partial charge in [-0.15, -0.1) is 0 Å². The molecule has 540 valence electrons. The van der Waals surface area contributed by atoms with Crippen molar-refractivity contribution in [1.82, 2.24) is 0 Å². The molecule has 11 rings (SSSR count). The number of hydrogen-bond acceptors (Lipinski definition) is 20. The number of aliphatic hydroxyl groups is 2. The molecular weight excluding hydrogens is 1300 g/mol. The SMILES string of the molecule is CO[C@@]1(OC[C@H]2O[C@@H](O)[C@H](O[C@@]3(O)O[C@H](COCc4ccccc4)[C@@H](OCc4ccccc4)[C@H](OCc4ccccc4)[C@@H]3OC(C)=O)[C@@H](OCc3ccccc3)[C@@H]2OCc2ccccc2)O[C@H](COCc2ccccc2)[C@@H](OCc2ccccc2)[C@H](OCc2ccccc2)[C@H]1OC(=O)C(C)(C)C. The second-order valence-electron chi connectivity index (χ2n) is 26.4. The normalized spacial score (nSPS) is 26.6. The van der Waals surface area contributed by atoms with Crippen molar-refractivity contribution in [2.24, 2.45) is 5.41 Å². The standard InChI is InChI=1S/C82H92O20/c1-57(83)97-76-73(94-52-64-42-26-12-27-43-64)70(91-49-61-36-20-9-21-37-61)67(54-88-46-58-30-14-6-15-31-58)100-81(76,86)102-75-72(93-51-63-40-24-11-25-41-63)69(90-48-60-34-18-8-19-35-60)66(98-78(75)84)56-96-82(87-5)77(99-79(85)80(2,3)4)74(95-53-65-44-28-13-29-45-65)71(92-50-62-38-22-10-23-39-62)68(101-82)55-89-47-59-32-16-7-17-33-59/h6-45,66-78,84,86H,46-56H2,1-5H3/t66-,67-,68-,69-,70-,71-,72+,73+,74+,75-,76+,77-,78-,81+,82+/m1/s1. The highest BCUT2D eigenvalue weighted by molar-refractivity contribution is 5.75. The third-order valence-corrected chi connectivity index (χ3v) is 17.6. The maximum absolute atomic E-state index is 14.7. The van der Waals surface area contributed by atoms with Crippen molar-refractivity contribution in [3.8, 4) is 0 Å². The number of benzene rings is 8. The van der Waals surface area contributed by atoms with Gasteiger partial charge in [0.1, 0.15) is 61.0 Å². The topological polar surface area (TPSA) is 222 Å². The Morgan fingerprint density at radius 1 is 0.392 bits per heavy atom. The van der Waals surface area contributed by atoms with Crippen LogP contribution in [0.15, 0.2) is 243 Å². The first kappa shape index (κ1) is 75.2. The van der Waals surface area contributed by atoms with E-state index in [1.807, 2.05) is 243 Å². The van der Waals surface area contributed by atoms with Gasteiger partial charge in [-0.05, 0) is 65.3 Å². The van der Waals surface area contributed by atoms with E-state index in [1.165, 1.54) is 14.0 Å². The Balaban J connectivity index is 0.988. The Morgan fingerprint density at radius 2 is 0.706 bits per heavy atom. The van der Waals surface area contributed by atoms with Gasteiger partial charge in [-0.3, -0.25) is 9.59 Å². The summed E-state index contributed by atoms with van der Waals surface area (Å²) in [5.41, 5.74) is 5.30. The maximum Gasteiger partial charge on any atom is 0.325 e. The van der Waals surface area contributed by atoms with Gasteiger partial charge < -0.3 is 86.0 Å². The Labute approximate surface area is 596 Å². The van der Waals surface area contributed by atoms with Gasteiger partial charge in [-0.2, -0.15) is 0 Å². The van der Waals surface area contributed by atoms with Gasteiger partial charge in [0.25, 0.3) is 0 Å². The minimum atomic E-state index is -3.03. The first-order chi connectivity index (χ1) is 49.6. The van der Waals surface area contributed by atoms with Crippen LogP contribution in [0.5, 0.6) is 0 Å². The van der Waals surface area contributed by atoms with Gasteiger partial charge in [-0.1, -0.05) is 243 Å². The van der Waals surface area contributed by atoms with Crippen LogP contribution in [0.2, 0.25) is 0 Å². The maximum atomic E-state index is 14.7. The first-order valence-electron chi connectivity index (χ1n) is 34.5. The lowest BCUT2D eigenvalue weighted by molar-refractivity contribution is -0.485. The monoisotopic (exact) mass is 1400 g/mol. The second kappa shape index (κ2) is 37.0. The van der Waals surface area contributed by atoms with Crippen LogP contribution < -0.4 is 0 Å². The molecule has 20 heteroatoms. The van der Waals surface area contributed by atoms with E-state index in [0.717, 1.165) is 38.9 Å². The number of hydrogen-bond donors (Lipinski definition) is 2. The minimum absolute atomic E-state index is 0.0178. The molecule has 0 amide bonds. The predicted octanol–water partition coefficient (Wildman–Crippen LogP) is 11.7. The molecule has 0 bridgehead atoms. The molecular formula is C82H92O20. The summed E-state index contributed by atoms with van der Waals surface area (Å²) in [5, 5.41) is 26.7. The van der Waals surface area contributed by atoms with Gasteiger partial charge in [0.2, 0.25) is 12.2 Å². The molecule has 0 unspecified atom stereocenters. The molecule has 15 atom stereocenters. The second-order valence-corrected chi connectivity index (χ2v) is 26.4. The Bertz CT molecular complexity index is 3730. The third kappa shape index (κ3) is 20.7. The van der Waals surface area contributed by atoms with E-state index >= 15 is 0 Å². The Morgan fingerprint density at radius 3 is 1.05 bits per heavy atom. The van der Waals surface area contributed by atoms with Crippen LogP contribution in [0, 0.1) is 5.41 Å². The molecule has 3 saturated heterocycles. The molecule has 0 aliphatic carbocycles. The molecule has 102 heavy (non-hydrogen) atoms. The number of carbonyl (C=O) groups is 2. The Kier molecular flexibility index (Phi) is 27.3.